The molecule has 0 atom stereocenters. The average Bonchev–Trinajstić information content (AvgIpc) is 3.51. The molecule has 48 heavy (non-hydrogen) atoms. The van der Waals surface area contributed by atoms with E-state index < -0.39 is 6.36 Å². The number of amides is 2. The molecule has 4 aromatic rings. The highest BCUT2D eigenvalue weighted by molar-refractivity contribution is 6.00. The number of hydrogen-bond donors (Lipinski definition) is 2. The number of likely N-dealkylation sites (tertiary alicyclic amines) is 2. The molecule has 0 saturated carbocycles. The Kier molecular flexibility index (Phi) is 9.98. The fourth-order valence-electron chi connectivity index (χ4n) is 6.29. The quantitative estimate of drug-likeness (QED) is 0.227. The van der Waals surface area contributed by atoms with Gasteiger partial charge < -0.3 is 19.8 Å². The molecule has 2 saturated heterocycles. The zero-order valence-corrected chi connectivity index (χ0v) is 26.3. The summed E-state index contributed by atoms with van der Waals surface area (Å²) in [5, 5.41) is 15.9. The third-order valence-electron chi connectivity index (χ3n) is 8.90. The first-order chi connectivity index (χ1) is 23.1. The fraction of sp³-hybridized carbons (Fsp3) is 0.361. The minimum atomic E-state index is -4.72. The molecule has 2 amide bonds. The summed E-state index contributed by atoms with van der Waals surface area (Å²) >= 11 is 0. The van der Waals surface area contributed by atoms with Gasteiger partial charge in [-0.1, -0.05) is 24.3 Å². The van der Waals surface area contributed by atoms with Gasteiger partial charge in [0.05, 0.1) is 11.6 Å². The number of halogens is 3. The molecule has 0 spiro atoms. The van der Waals surface area contributed by atoms with Crippen LogP contribution in [-0.2, 0) is 13.1 Å². The number of benzene rings is 3. The third-order valence-corrected chi connectivity index (χ3v) is 8.90. The van der Waals surface area contributed by atoms with Crippen molar-refractivity contribution in [3.05, 3.63) is 101 Å². The summed E-state index contributed by atoms with van der Waals surface area (Å²) in [6.45, 7) is 4.57. The maximum atomic E-state index is 13.1. The smallest absolute Gasteiger partial charge is 0.451 e. The summed E-state index contributed by atoms with van der Waals surface area (Å²) in [5.41, 5.74) is 3.69. The van der Waals surface area contributed by atoms with Crippen LogP contribution in [0.15, 0.2) is 77.2 Å². The minimum Gasteiger partial charge on any atom is -0.451 e. The summed E-state index contributed by atoms with van der Waals surface area (Å²) < 4.78 is 47.0. The van der Waals surface area contributed by atoms with Crippen molar-refractivity contribution in [2.75, 3.05) is 26.2 Å². The number of piperidine rings is 2. The molecule has 2 aliphatic rings. The molecule has 9 nitrogen and oxygen atoms in total. The SMILES string of the molecule is N#Cc1ccc(CN2CCC(NC(=O)c3cc4cc(C(=O)NC5CCN(Cc6ccc(OC(F)(F)F)cc6)CC5)ccc4o3)CC2)cc1. The van der Waals surface area contributed by atoms with E-state index in [1.807, 2.05) is 24.3 Å². The van der Waals surface area contributed by atoms with Crippen molar-refractivity contribution >= 4 is 22.8 Å². The zero-order chi connectivity index (χ0) is 33.7. The van der Waals surface area contributed by atoms with Gasteiger partial charge >= 0.3 is 6.36 Å². The highest BCUT2D eigenvalue weighted by Gasteiger charge is 2.31. The van der Waals surface area contributed by atoms with E-state index in [1.54, 1.807) is 36.4 Å². The number of alkyl halides is 3. The number of rotatable bonds is 9. The zero-order valence-electron chi connectivity index (χ0n) is 26.3. The Balaban J connectivity index is 0.949. The van der Waals surface area contributed by atoms with Gasteiger partial charge in [0.1, 0.15) is 11.3 Å². The van der Waals surface area contributed by atoms with Crippen LogP contribution in [0.1, 0.15) is 63.3 Å². The molecule has 3 aromatic carbocycles. The lowest BCUT2D eigenvalue weighted by molar-refractivity contribution is -0.274. The topological polar surface area (TPSA) is 111 Å². The second-order valence-electron chi connectivity index (χ2n) is 12.4. The number of fused-ring (bicyclic) bond motifs is 1. The largest absolute Gasteiger partial charge is 0.573 e. The number of carbonyl (C=O) groups is 2. The van der Waals surface area contributed by atoms with E-state index in [2.05, 4.69) is 31.2 Å². The summed E-state index contributed by atoms with van der Waals surface area (Å²) in [5.74, 6) is -0.515. The van der Waals surface area contributed by atoms with Crippen LogP contribution in [0.2, 0.25) is 0 Å². The number of ether oxygens (including phenoxy) is 1. The van der Waals surface area contributed by atoms with Gasteiger partial charge in [-0.05, 0) is 85.3 Å². The Morgan fingerprint density at radius 1 is 0.792 bits per heavy atom. The van der Waals surface area contributed by atoms with E-state index in [4.69, 9.17) is 9.68 Å². The van der Waals surface area contributed by atoms with Gasteiger partial charge in [0, 0.05) is 62.3 Å². The molecule has 0 aliphatic carbocycles. The summed E-state index contributed by atoms with van der Waals surface area (Å²) in [7, 11) is 0. The first-order valence-corrected chi connectivity index (χ1v) is 16.0. The average molecular weight is 660 g/mol. The molecular formula is C36H36F3N5O4. The van der Waals surface area contributed by atoms with Crippen molar-refractivity contribution in [1.82, 2.24) is 20.4 Å². The molecule has 1 aromatic heterocycles. The molecule has 2 fully saturated rings. The van der Waals surface area contributed by atoms with Crippen molar-refractivity contribution in [2.24, 2.45) is 0 Å². The number of nitriles is 1. The lowest BCUT2D eigenvalue weighted by Crippen LogP contribution is -2.44. The molecule has 12 heteroatoms. The standard InChI is InChI=1S/C36H36F3N5O4/c37-36(38,39)48-31-8-5-26(6-9-31)23-44-15-11-29(12-16-44)41-34(45)27-7-10-32-28(19-27)20-33(47-32)35(46)42-30-13-17-43(18-14-30)22-25-3-1-24(21-40)2-4-25/h1-10,19-20,29-30H,11-18,22-23H2,(H,41,45)(H,42,46). The van der Waals surface area contributed by atoms with Crippen LogP contribution in [0.4, 0.5) is 13.2 Å². The fourth-order valence-corrected chi connectivity index (χ4v) is 6.29. The van der Waals surface area contributed by atoms with E-state index >= 15 is 0 Å². The van der Waals surface area contributed by atoms with Crippen molar-refractivity contribution in [3.8, 4) is 11.8 Å². The van der Waals surface area contributed by atoms with E-state index in [0.717, 1.165) is 69.5 Å². The van der Waals surface area contributed by atoms with Gasteiger partial charge in [-0.25, -0.2) is 0 Å². The Morgan fingerprint density at radius 3 is 1.88 bits per heavy atom. The summed E-state index contributed by atoms with van der Waals surface area (Å²) in [4.78, 5) is 30.7. The van der Waals surface area contributed by atoms with E-state index in [1.165, 1.54) is 12.1 Å². The molecule has 0 radical (unpaired) electrons. The maximum Gasteiger partial charge on any atom is 0.573 e. The lowest BCUT2D eigenvalue weighted by atomic mass is 10.0. The van der Waals surface area contributed by atoms with Crippen molar-refractivity contribution in [2.45, 2.75) is 57.2 Å². The highest BCUT2D eigenvalue weighted by atomic mass is 19.4. The Labute approximate surface area is 276 Å². The number of furan rings is 1. The molecule has 6 rings (SSSR count). The summed E-state index contributed by atoms with van der Waals surface area (Å²) in [6, 6.07) is 22.4. The number of carbonyl (C=O) groups excluding carboxylic acids is 2. The molecule has 2 aliphatic heterocycles. The third kappa shape index (κ3) is 8.73. The Morgan fingerprint density at radius 2 is 1.33 bits per heavy atom. The van der Waals surface area contributed by atoms with Gasteiger partial charge in [0.15, 0.2) is 5.76 Å². The second kappa shape index (κ2) is 14.5. The number of nitrogens with one attached hydrogen (secondary N) is 2. The van der Waals surface area contributed by atoms with Crippen LogP contribution in [0.25, 0.3) is 11.0 Å². The van der Waals surface area contributed by atoms with E-state index in [9.17, 15) is 22.8 Å². The first kappa shape index (κ1) is 33.1. The first-order valence-electron chi connectivity index (χ1n) is 16.0. The molecule has 2 N–H and O–H groups in total. The van der Waals surface area contributed by atoms with Crippen LogP contribution in [0.5, 0.6) is 5.75 Å². The highest BCUT2D eigenvalue weighted by Crippen LogP contribution is 2.25. The van der Waals surface area contributed by atoms with Crippen LogP contribution in [0, 0.1) is 11.3 Å². The monoisotopic (exact) mass is 659 g/mol. The second-order valence-corrected chi connectivity index (χ2v) is 12.4. The van der Waals surface area contributed by atoms with Gasteiger partial charge in [-0.3, -0.25) is 19.4 Å². The molecule has 250 valence electrons. The van der Waals surface area contributed by atoms with Gasteiger partial charge in [-0.2, -0.15) is 5.26 Å². The predicted octanol–water partition coefficient (Wildman–Crippen LogP) is 5.99. The van der Waals surface area contributed by atoms with Crippen molar-refractivity contribution in [3.63, 3.8) is 0 Å². The van der Waals surface area contributed by atoms with E-state index in [0.29, 0.717) is 28.6 Å². The van der Waals surface area contributed by atoms with Crippen LogP contribution < -0.4 is 15.4 Å². The molecule has 3 heterocycles. The maximum absolute atomic E-state index is 13.1. The molecular weight excluding hydrogens is 623 g/mol. The van der Waals surface area contributed by atoms with Crippen LogP contribution >= 0.6 is 0 Å². The van der Waals surface area contributed by atoms with Crippen molar-refractivity contribution < 1.29 is 31.9 Å². The predicted molar refractivity (Wildman–Crippen MR) is 172 cm³/mol. The van der Waals surface area contributed by atoms with Gasteiger partial charge in [0.2, 0.25) is 0 Å². The van der Waals surface area contributed by atoms with E-state index in [-0.39, 0.29) is 35.4 Å². The normalized spacial score (nSPS) is 16.8. The molecule has 0 unspecified atom stereocenters. The van der Waals surface area contributed by atoms with Crippen molar-refractivity contribution in [1.29, 1.82) is 5.26 Å². The van der Waals surface area contributed by atoms with Gasteiger partial charge in [-0.15, -0.1) is 13.2 Å². The number of hydrogen-bond acceptors (Lipinski definition) is 7. The summed E-state index contributed by atoms with van der Waals surface area (Å²) in [6.07, 6.45) is -1.59. The van der Waals surface area contributed by atoms with Gasteiger partial charge in [0.25, 0.3) is 11.8 Å². The molecule has 0 bridgehead atoms. The van der Waals surface area contributed by atoms with Crippen LogP contribution in [0.3, 0.4) is 0 Å². The number of nitrogens with zero attached hydrogens (tertiary/aromatic N) is 3. The van der Waals surface area contributed by atoms with Crippen LogP contribution in [-0.4, -0.2) is 66.2 Å². The Hall–Kier alpha value is -4.86. The lowest BCUT2D eigenvalue weighted by Gasteiger charge is -2.32. The minimum absolute atomic E-state index is 0.00627. The Bertz CT molecular complexity index is 1770.